The monoisotopic (exact) mass is 334 g/mol. The normalized spacial score (nSPS) is 10.7. The molecule has 72 valence electrons. The molecule has 0 aliphatic rings. The molecule has 2 aromatic rings. The Morgan fingerprint density at radius 2 is 2.14 bits per heavy atom. The van der Waals surface area contributed by atoms with Crippen LogP contribution in [0.5, 0.6) is 0 Å². The van der Waals surface area contributed by atoms with Gasteiger partial charge in [0.15, 0.2) is 0 Å². The van der Waals surface area contributed by atoms with Gasteiger partial charge < -0.3 is 5.11 Å². The van der Waals surface area contributed by atoms with Gasteiger partial charge in [0.2, 0.25) is 0 Å². The topological polar surface area (TPSA) is 37.3 Å². The highest BCUT2D eigenvalue weighted by atomic mass is 79.9. The van der Waals surface area contributed by atoms with Gasteiger partial charge in [0.1, 0.15) is 0 Å². The van der Waals surface area contributed by atoms with Crippen LogP contribution in [0.4, 0.5) is 0 Å². The van der Waals surface area contributed by atoms with Crippen LogP contribution in [0.3, 0.4) is 0 Å². The molecule has 0 amide bonds. The Kier molecular flexibility index (Phi) is 2.64. The summed E-state index contributed by atoms with van der Waals surface area (Å²) >= 11 is 8.14. The number of halogens is 2. The summed E-state index contributed by atoms with van der Waals surface area (Å²) in [6, 6.07) is 3.73. The van der Waals surface area contributed by atoms with E-state index in [4.69, 9.17) is 5.11 Å². The Hall–Kier alpha value is -0.390. The summed E-state index contributed by atoms with van der Waals surface area (Å²) in [7, 11) is 0. The number of fused-ring (bicyclic) bond motifs is 1. The number of hydrogen-bond donors (Lipinski definition) is 1. The molecule has 0 aliphatic heterocycles. The number of thiophene rings is 1. The molecular formula is C9H4Br2O2S. The van der Waals surface area contributed by atoms with Gasteiger partial charge in [-0.05, 0) is 49.4 Å². The van der Waals surface area contributed by atoms with E-state index < -0.39 is 5.97 Å². The lowest BCUT2D eigenvalue weighted by Gasteiger charge is -2.03. The number of aromatic carboxylic acids is 1. The van der Waals surface area contributed by atoms with E-state index in [1.165, 1.54) is 0 Å². The highest BCUT2D eigenvalue weighted by Gasteiger charge is 2.16. The molecule has 1 heterocycles. The lowest BCUT2D eigenvalue weighted by Crippen LogP contribution is -1.98. The van der Waals surface area contributed by atoms with Gasteiger partial charge in [-0.1, -0.05) is 0 Å². The number of carboxylic acids is 1. The first-order valence-electron chi connectivity index (χ1n) is 3.69. The molecule has 0 radical (unpaired) electrons. The van der Waals surface area contributed by atoms with Crippen LogP contribution >= 0.6 is 43.2 Å². The van der Waals surface area contributed by atoms with Crippen molar-refractivity contribution in [2.75, 3.05) is 0 Å². The van der Waals surface area contributed by atoms with E-state index in [1.807, 2.05) is 17.5 Å². The summed E-state index contributed by atoms with van der Waals surface area (Å²) < 4.78 is 2.30. The molecule has 14 heavy (non-hydrogen) atoms. The van der Waals surface area contributed by atoms with E-state index in [1.54, 1.807) is 11.3 Å². The summed E-state index contributed by atoms with van der Waals surface area (Å²) in [4.78, 5) is 11.0. The molecule has 2 rings (SSSR count). The third-order valence-corrected chi connectivity index (χ3v) is 4.17. The lowest BCUT2D eigenvalue weighted by atomic mass is 10.2. The highest BCUT2D eigenvalue weighted by molar-refractivity contribution is 9.11. The van der Waals surface area contributed by atoms with Crippen molar-refractivity contribution in [1.82, 2.24) is 0 Å². The van der Waals surface area contributed by atoms with Crippen LogP contribution in [0.15, 0.2) is 26.5 Å². The van der Waals surface area contributed by atoms with Crippen LogP contribution in [-0.2, 0) is 0 Å². The minimum Gasteiger partial charge on any atom is -0.478 e. The number of benzene rings is 1. The van der Waals surface area contributed by atoms with E-state index in [0.29, 0.717) is 8.95 Å². The third kappa shape index (κ3) is 1.49. The maximum absolute atomic E-state index is 11.0. The van der Waals surface area contributed by atoms with Crippen LogP contribution in [0.25, 0.3) is 10.1 Å². The molecule has 1 N–H and O–H groups in total. The van der Waals surface area contributed by atoms with Gasteiger partial charge in [-0.2, -0.15) is 0 Å². The van der Waals surface area contributed by atoms with Crippen molar-refractivity contribution in [3.63, 3.8) is 0 Å². The number of carbonyl (C=O) groups is 1. The fourth-order valence-corrected chi connectivity index (χ4v) is 3.95. The number of carboxylic acid groups (broad SMARTS) is 1. The van der Waals surface area contributed by atoms with Gasteiger partial charge in [0.05, 0.1) is 5.56 Å². The van der Waals surface area contributed by atoms with Crippen LogP contribution in [0, 0.1) is 0 Å². The standard InChI is InChI=1S/C9H4Br2O2S/c10-5-3-6-4(1-2-14-6)8(11)7(5)9(12)13/h1-3H,(H,12,13). The lowest BCUT2D eigenvalue weighted by molar-refractivity contribution is 0.0695. The van der Waals surface area contributed by atoms with E-state index in [2.05, 4.69) is 31.9 Å². The van der Waals surface area contributed by atoms with E-state index in [-0.39, 0.29) is 5.56 Å². The molecule has 0 aliphatic carbocycles. The summed E-state index contributed by atoms with van der Waals surface area (Å²) in [6.07, 6.45) is 0. The maximum atomic E-state index is 11.0. The number of rotatable bonds is 1. The summed E-state index contributed by atoms with van der Waals surface area (Å²) in [5, 5.41) is 11.9. The fraction of sp³-hybridized carbons (Fsp3) is 0. The molecule has 0 atom stereocenters. The van der Waals surface area contributed by atoms with Crippen LogP contribution < -0.4 is 0 Å². The molecule has 1 aromatic heterocycles. The summed E-state index contributed by atoms with van der Waals surface area (Å²) in [6.45, 7) is 0. The van der Waals surface area contributed by atoms with E-state index in [9.17, 15) is 4.79 Å². The minimum absolute atomic E-state index is 0.274. The Morgan fingerprint density at radius 3 is 2.79 bits per heavy atom. The predicted octanol–water partition coefficient (Wildman–Crippen LogP) is 4.12. The Morgan fingerprint density at radius 1 is 1.43 bits per heavy atom. The van der Waals surface area contributed by atoms with Gasteiger partial charge in [0.25, 0.3) is 0 Å². The molecule has 0 unspecified atom stereocenters. The average molecular weight is 336 g/mol. The first-order chi connectivity index (χ1) is 6.61. The van der Waals surface area contributed by atoms with Gasteiger partial charge in [-0.15, -0.1) is 11.3 Å². The van der Waals surface area contributed by atoms with Crippen molar-refractivity contribution in [3.8, 4) is 0 Å². The van der Waals surface area contributed by atoms with Gasteiger partial charge in [-0.25, -0.2) is 4.79 Å². The first-order valence-corrected chi connectivity index (χ1v) is 6.16. The average Bonchev–Trinajstić information content (AvgIpc) is 2.50. The number of hydrogen-bond acceptors (Lipinski definition) is 2. The predicted molar refractivity (Wildman–Crippen MR) is 64.2 cm³/mol. The minimum atomic E-state index is -0.933. The van der Waals surface area contributed by atoms with Crippen molar-refractivity contribution >= 4 is 59.3 Å². The fourth-order valence-electron chi connectivity index (χ4n) is 1.24. The molecular weight excluding hydrogens is 332 g/mol. The smallest absolute Gasteiger partial charge is 0.338 e. The van der Waals surface area contributed by atoms with E-state index >= 15 is 0 Å². The van der Waals surface area contributed by atoms with Gasteiger partial charge in [-0.3, -0.25) is 0 Å². The zero-order valence-corrected chi connectivity index (χ0v) is 10.7. The zero-order chi connectivity index (χ0) is 10.3. The molecule has 1 aromatic carbocycles. The zero-order valence-electron chi connectivity index (χ0n) is 6.75. The van der Waals surface area contributed by atoms with Crippen molar-refractivity contribution in [1.29, 1.82) is 0 Å². The van der Waals surface area contributed by atoms with Crippen molar-refractivity contribution in [2.45, 2.75) is 0 Å². The molecule has 0 bridgehead atoms. The largest absolute Gasteiger partial charge is 0.478 e. The Bertz CT molecular complexity index is 519. The molecule has 0 spiro atoms. The van der Waals surface area contributed by atoms with Gasteiger partial charge in [0, 0.05) is 19.0 Å². The third-order valence-electron chi connectivity index (χ3n) is 1.86. The quantitative estimate of drug-likeness (QED) is 0.851. The van der Waals surface area contributed by atoms with Gasteiger partial charge >= 0.3 is 5.97 Å². The second-order valence-corrected chi connectivity index (χ2v) is 5.28. The molecule has 0 saturated carbocycles. The van der Waals surface area contributed by atoms with Crippen molar-refractivity contribution < 1.29 is 9.90 Å². The van der Waals surface area contributed by atoms with E-state index in [0.717, 1.165) is 10.1 Å². The maximum Gasteiger partial charge on any atom is 0.338 e. The first kappa shape index (κ1) is 10.1. The van der Waals surface area contributed by atoms with Crippen molar-refractivity contribution in [2.24, 2.45) is 0 Å². The Balaban J connectivity index is 2.89. The highest BCUT2D eigenvalue weighted by Crippen LogP contribution is 2.36. The van der Waals surface area contributed by atoms with Crippen LogP contribution in [-0.4, -0.2) is 11.1 Å². The second-order valence-electron chi connectivity index (χ2n) is 2.68. The van der Waals surface area contributed by atoms with Crippen LogP contribution in [0.1, 0.15) is 10.4 Å². The molecule has 0 saturated heterocycles. The molecule has 5 heteroatoms. The molecule has 0 fully saturated rings. The molecule has 2 nitrogen and oxygen atoms in total. The van der Waals surface area contributed by atoms with Crippen molar-refractivity contribution in [3.05, 3.63) is 32.0 Å². The second kappa shape index (κ2) is 3.64. The van der Waals surface area contributed by atoms with Crippen LogP contribution in [0.2, 0.25) is 0 Å². The summed E-state index contributed by atoms with van der Waals surface area (Å²) in [5.74, 6) is -0.933. The Labute approximate surface area is 101 Å². The SMILES string of the molecule is O=C(O)c1c(Br)cc2sccc2c1Br. The summed E-state index contributed by atoms with van der Waals surface area (Å²) in [5.41, 5.74) is 0.274.